The predicted molar refractivity (Wildman–Crippen MR) is 235 cm³/mol. The molecular formula is C52H47N3O8. The number of carboxylic acid groups (broad SMARTS) is 1. The largest absolute Gasteiger partial charge is 0.491 e. The molecule has 318 valence electrons. The zero-order valence-corrected chi connectivity index (χ0v) is 34.7. The van der Waals surface area contributed by atoms with Crippen molar-refractivity contribution in [3.8, 4) is 17.6 Å². The Morgan fingerprint density at radius 1 is 0.841 bits per heavy atom. The van der Waals surface area contributed by atoms with Gasteiger partial charge < -0.3 is 25.0 Å². The fourth-order valence-electron chi connectivity index (χ4n) is 10.1. The summed E-state index contributed by atoms with van der Waals surface area (Å²) in [4.78, 5) is 63.1. The number of hydrogen-bond acceptors (Lipinski definition) is 8. The highest BCUT2D eigenvalue weighted by Crippen LogP contribution is 2.66. The van der Waals surface area contributed by atoms with Crippen LogP contribution in [-0.4, -0.2) is 58.2 Å². The van der Waals surface area contributed by atoms with Crippen molar-refractivity contribution in [2.24, 2.45) is 5.92 Å². The van der Waals surface area contributed by atoms with E-state index in [0.717, 1.165) is 47.3 Å². The van der Waals surface area contributed by atoms with E-state index in [0.29, 0.717) is 22.4 Å². The van der Waals surface area contributed by atoms with E-state index in [-0.39, 0.29) is 24.5 Å². The average Bonchev–Trinajstić information content (AvgIpc) is 3.78. The second kappa shape index (κ2) is 17.4. The van der Waals surface area contributed by atoms with Gasteiger partial charge in [-0.05, 0) is 96.3 Å². The summed E-state index contributed by atoms with van der Waals surface area (Å²) < 4.78 is 12.1. The van der Waals surface area contributed by atoms with Gasteiger partial charge in [0.2, 0.25) is 5.91 Å². The molecule has 7 atom stereocenters. The Labute approximate surface area is 366 Å². The molecule has 2 saturated heterocycles. The molecule has 0 bridgehead atoms. The predicted octanol–water partition coefficient (Wildman–Crippen LogP) is 8.13. The third-order valence-electron chi connectivity index (χ3n) is 12.8. The number of aliphatic hydroxyl groups excluding tert-OH is 1. The van der Waals surface area contributed by atoms with Gasteiger partial charge in [-0.2, -0.15) is 0 Å². The van der Waals surface area contributed by atoms with Crippen molar-refractivity contribution in [1.82, 2.24) is 10.2 Å². The third-order valence-corrected chi connectivity index (χ3v) is 12.8. The number of carbonyl (C=O) groups excluding carboxylic acids is 3. The maximum absolute atomic E-state index is 16.1. The van der Waals surface area contributed by atoms with Crippen LogP contribution in [0.5, 0.6) is 5.75 Å². The first-order valence-corrected chi connectivity index (χ1v) is 21.4. The van der Waals surface area contributed by atoms with Crippen molar-refractivity contribution in [2.45, 2.75) is 68.3 Å². The van der Waals surface area contributed by atoms with Crippen LogP contribution >= 0.6 is 0 Å². The lowest BCUT2D eigenvalue weighted by Crippen LogP contribution is -2.54. The van der Waals surface area contributed by atoms with Gasteiger partial charge >= 0.3 is 18.0 Å². The fourth-order valence-corrected chi connectivity index (χ4v) is 10.1. The average molecular weight is 842 g/mol. The number of nitrogens with zero attached hydrogens (tertiary/aromatic N) is 2. The van der Waals surface area contributed by atoms with Gasteiger partial charge in [-0.15, -0.1) is 0 Å². The van der Waals surface area contributed by atoms with E-state index in [2.05, 4.69) is 23.2 Å². The topological polar surface area (TPSA) is 146 Å². The number of hydrogen-bond donors (Lipinski definition) is 3. The van der Waals surface area contributed by atoms with Gasteiger partial charge in [0.25, 0.3) is 0 Å². The number of aliphatic carboxylic acids is 1. The van der Waals surface area contributed by atoms with E-state index in [1.165, 1.54) is 0 Å². The number of benzene rings is 5. The van der Waals surface area contributed by atoms with Crippen LogP contribution in [0, 0.1) is 17.8 Å². The maximum atomic E-state index is 16.1. The number of anilines is 1. The fraction of sp³-hybridized carbons (Fsp3) is 0.269. The monoisotopic (exact) mass is 841 g/mol. The van der Waals surface area contributed by atoms with Crippen molar-refractivity contribution in [3.63, 3.8) is 0 Å². The first-order chi connectivity index (χ1) is 30.7. The zero-order chi connectivity index (χ0) is 43.7. The number of ether oxygens (including phenoxy) is 2. The lowest BCUT2D eigenvalue weighted by Gasteiger charge is -2.46. The van der Waals surface area contributed by atoms with Gasteiger partial charge in [-0.25, -0.2) is 9.69 Å². The molecule has 0 unspecified atom stereocenters. The molecule has 3 N–H and O–H groups in total. The van der Waals surface area contributed by atoms with Crippen LogP contribution in [0.4, 0.5) is 10.5 Å². The van der Waals surface area contributed by atoms with E-state index in [9.17, 15) is 24.6 Å². The molecule has 5 aromatic carbocycles. The van der Waals surface area contributed by atoms with Gasteiger partial charge in [0, 0.05) is 5.56 Å². The molecule has 2 fully saturated rings. The third kappa shape index (κ3) is 7.35. The Balaban J connectivity index is 1.31. The molecule has 11 nitrogen and oxygen atoms in total. The van der Waals surface area contributed by atoms with Crippen molar-refractivity contribution in [1.29, 1.82) is 0 Å². The highest BCUT2D eigenvalue weighted by Gasteiger charge is 2.76. The van der Waals surface area contributed by atoms with Crippen LogP contribution in [0.15, 0.2) is 145 Å². The second-order valence-electron chi connectivity index (χ2n) is 16.4. The Morgan fingerprint density at radius 2 is 1.52 bits per heavy atom. The van der Waals surface area contributed by atoms with Gasteiger partial charge in [-0.3, -0.25) is 19.3 Å². The Hall–Kier alpha value is -7.00. The normalized spacial score (nSPS) is 24.3. The number of urea groups is 1. The van der Waals surface area contributed by atoms with Gasteiger partial charge in [0.1, 0.15) is 35.8 Å². The number of rotatable bonds is 9. The number of nitrogens with one attached hydrogen (secondary N) is 1. The minimum Gasteiger partial charge on any atom is -0.491 e. The molecule has 11 heteroatoms. The number of morpholine rings is 1. The smallest absolute Gasteiger partial charge is 0.329 e. The molecule has 9 rings (SSSR count). The van der Waals surface area contributed by atoms with E-state index < -0.39 is 65.5 Å². The molecular weight excluding hydrogens is 795 g/mol. The van der Waals surface area contributed by atoms with Crippen LogP contribution in [0.1, 0.15) is 90.2 Å². The summed E-state index contributed by atoms with van der Waals surface area (Å²) in [6.07, 6.45) is 5.11. The van der Waals surface area contributed by atoms with Gasteiger partial charge in [-0.1, -0.05) is 121 Å². The summed E-state index contributed by atoms with van der Waals surface area (Å²) in [5.41, 5.74) is 2.63. The maximum Gasteiger partial charge on any atom is 0.329 e. The van der Waals surface area contributed by atoms with Crippen LogP contribution in [-0.2, 0) is 24.5 Å². The Kier molecular flexibility index (Phi) is 11.4. The molecule has 0 saturated carbocycles. The number of fused-ring (bicyclic) bond motifs is 3. The molecule has 5 aromatic rings. The zero-order valence-electron chi connectivity index (χ0n) is 34.7. The Bertz CT molecular complexity index is 2620. The van der Waals surface area contributed by atoms with Gasteiger partial charge in [0.05, 0.1) is 30.4 Å². The Morgan fingerprint density at radius 3 is 2.17 bits per heavy atom. The van der Waals surface area contributed by atoms with Crippen LogP contribution in [0.2, 0.25) is 0 Å². The molecule has 3 amide bonds. The lowest BCUT2D eigenvalue weighted by molar-refractivity contribution is -0.179. The minimum atomic E-state index is -2.09. The minimum absolute atomic E-state index is 0.0424. The van der Waals surface area contributed by atoms with Gasteiger partial charge in [0.15, 0.2) is 0 Å². The van der Waals surface area contributed by atoms with E-state index >= 15 is 4.79 Å². The van der Waals surface area contributed by atoms with Crippen molar-refractivity contribution < 1.29 is 38.9 Å². The summed E-state index contributed by atoms with van der Waals surface area (Å²) in [7, 11) is 0. The molecule has 0 aromatic heterocycles. The van der Waals surface area contributed by atoms with Crippen molar-refractivity contribution in [3.05, 3.63) is 178 Å². The molecule has 1 aliphatic carbocycles. The number of cyclic esters (lactones) is 1. The highest BCUT2D eigenvalue weighted by molar-refractivity contribution is 6.24. The number of imide groups is 1. The highest BCUT2D eigenvalue weighted by atomic mass is 16.6. The molecule has 3 aliphatic heterocycles. The number of carboxylic acids is 1. The summed E-state index contributed by atoms with van der Waals surface area (Å²) in [5.74, 6) is 2.29. The second-order valence-corrected chi connectivity index (χ2v) is 16.4. The van der Waals surface area contributed by atoms with Crippen molar-refractivity contribution in [2.75, 3.05) is 18.1 Å². The molecule has 63 heavy (non-hydrogen) atoms. The molecule has 3 heterocycles. The first kappa shape index (κ1) is 41.4. The summed E-state index contributed by atoms with van der Waals surface area (Å²) in [5, 5.41) is 24.2. The lowest BCUT2D eigenvalue weighted by atomic mass is 9.65. The molecule has 0 radical (unpaired) electrons. The van der Waals surface area contributed by atoms with Crippen molar-refractivity contribution >= 4 is 29.6 Å². The van der Waals surface area contributed by atoms with Crippen LogP contribution < -0.4 is 15.0 Å². The quantitative estimate of drug-likeness (QED) is 0.0990. The summed E-state index contributed by atoms with van der Waals surface area (Å²) in [6.45, 7) is 1.65. The van der Waals surface area contributed by atoms with E-state index in [1.54, 1.807) is 42.5 Å². The van der Waals surface area contributed by atoms with E-state index in [1.807, 2.05) is 103 Å². The standard InChI is InChI=1S/C52H47N3O8/c1-33(36-16-8-3-9-17-36)53-51(61)54-42-29-24-35(23-22-34-14-6-2-7-15-34)32-41(42)52(50(54)60)43(48(57)58)45-49(59)63-46(38-20-12-5-13-21-38)44(37-18-10-4-11-19-37)55(45)47(52)39-25-27-40(28-26-39)62-31-30-56/h3-5,8-14,16-21,24-29,32-33,43-47,56H,2,6-7,15,30-31H2,1H3,(H,53,61)(H,57,58)/t33-,43+,44+,45+,46-,47-,52+/m1/s1. The summed E-state index contributed by atoms with van der Waals surface area (Å²) >= 11 is 0. The first-order valence-electron chi connectivity index (χ1n) is 21.4. The number of esters is 1. The van der Waals surface area contributed by atoms with Crippen LogP contribution in [0.3, 0.4) is 0 Å². The number of allylic oxidation sites excluding steroid dienone is 2. The number of aliphatic hydroxyl groups is 1. The molecule has 4 aliphatic rings. The SMILES string of the molecule is C[C@@H](NC(=O)N1C(=O)[C@@]2(c3cc(C#CC4=CCCCC4)ccc31)[C@H](C(=O)O)[C@H]1C(=O)O[C@H](c3ccccc3)[C@H](c3ccccc3)N1[C@@H]2c1ccc(OCCO)cc1)c1ccccc1. The van der Waals surface area contributed by atoms with Crippen LogP contribution in [0.25, 0.3) is 0 Å². The number of amides is 3. The number of carbonyl (C=O) groups is 4. The molecule has 1 spiro atoms. The van der Waals surface area contributed by atoms with E-state index in [4.69, 9.17) is 9.47 Å². The summed E-state index contributed by atoms with van der Waals surface area (Å²) in [6, 6.07) is 35.3.